The van der Waals surface area contributed by atoms with E-state index in [2.05, 4.69) is 26.8 Å². The van der Waals surface area contributed by atoms with Crippen LogP contribution in [0.1, 0.15) is 38.8 Å². The van der Waals surface area contributed by atoms with E-state index in [0.717, 1.165) is 0 Å². The van der Waals surface area contributed by atoms with E-state index in [1.54, 1.807) is 0 Å². The highest BCUT2D eigenvalue weighted by Crippen LogP contribution is 2.28. The molecule has 2 nitrogen and oxygen atoms in total. The summed E-state index contributed by atoms with van der Waals surface area (Å²) in [5.74, 6) is 0.687. The summed E-state index contributed by atoms with van der Waals surface area (Å²) in [6.07, 6.45) is 0. The molecule has 0 N–H and O–H groups in total. The van der Waals surface area contributed by atoms with Gasteiger partial charge >= 0.3 is 0 Å². The number of benzene rings is 1. The molecule has 0 heterocycles. The molecule has 2 heteroatoms. The van der Waals surface area contributed by atoms with Gasteiger partial charge in [-0.2, -0.15) is 5.26 Å². The molecule has 0 amide bonds. The molecule has 0 saturated heterocycles. The predicted molar refractivity (Wildman–Crippen MR) is 61.0 cm³/mol. The Bertz CT molecular complexity index is 383. The van der Waals surface area contributed by atoms with Gasteiger partial charge < -0.3 is 4.74 Å². The molecular weight excluding hydrogens is 186 g/mol. The number of nitriles is 1. The second-order valence-corrected chi connectivity index (χ2v) is 4.51. The zero-order valence-corrected chi connectivity index (χ0v) is 9.79. The molecule has 0 saturated carbocycles. The van der Waals surface area contributed by atoms with Crippen molar-refractivity contribution in [3.05, 3.63) is 29.3 Å². The average Bonchev–Trinajstić information content (AvgIpc) is 2.17. The molecule has 0 fully saturated rings. The first-order valence-electron chi connectivity index (χ1n) is 5.16. The van der Waals surface area contributed by atoms with Crippen LogP contribution < -0.4 is 4.74 Å². The van der Waals surface area contributed by atoms with Gasteiger partial charge in [0.15, 0.2) is 0 Å². The van der Waals surface area contributed by atoms with Crippen LogP contribution in [0.15, 0.2) is 18.2 Å². The average molecular weight is 203 g/mol. The maximum atomic E-state index is 8.91. The van der Waals surface area contributed by atoms with Crippen molar-refractivity contribution in [2.45, 2.75) is 33.1 Å². The molecular formula is C13H17NO. The lowest BCUT2D eigenvalue weighted by atomic mass is 9.86. The van der Waals surface area contributed by atoms with Crippen molar-refractivity contribution < 1.29 is 4.74 Å². The van der Waals surface area contributed by atoms with Gasteiger partial charge in [0.2, 0.25) is 0 Å². The number of hydrogen-bond acceptors (Lipinski definition) is 2. The summed E-state index contributed by atoms with van der Waals surface area (Å²) in [6.45, 7) is 8.94. The van der Waals surface area contributed by atoms with E-state index in [0.29, 0.717) is 17.9 Å². The van der Waals surface area contributed by atoms with Crippen molar-refractivity contribution >= 4 is 0 Å². The second kappa shape index (κ2) is 4.35. The zero-order valence-electron chi connectivity index (χ0n) is 9.79. The van der Waals surface area contributed by atoms with Gasteiger partial charge in [-0.15, -0.1) is 0 Å². The Morgan fingerprint density at radius 1 is 1.33 bits per heavy atom. The van der Waals surface area contributed by atoms with Crippen LogP contribution in [0.3, 0.4) is 0 Å². The Labute approximate surface area is 91.5 Å². The standard InChI is InChI=1S/C13H17NO/c1-5-15-12-8-11(13(2,3)4)7-6-10(12)9-14/h6-8H,5H2,1-4H3. The minimum atomic E-state index is 0.0832. The third-order valence-electron chi connectivity index (χ3n) is 2.27. The van der Waals surface area contributed by atoms with Gasteiger partial charge in [-0.25, -0.2) is 0 Å². The number of hydrogen-bond donors (Lipinski definition) is 0. The van der Waals surface area contributed by atoms with Gasteiger partial charge in [0.25, 0.3) is 0 Å². The SMILES string of the molecule is CCOc1cc(C(C)(C)C)ccc1C#N. The molecule has 0 radical (unpaired) electrons. The topological polar surface area (TPSA) is 33.0 Å². The highest BCUT2D eigenvalue weighted by molar-refractivity contribution is 5.46. The first-order chi connectivity index (χ1) is 6.99. The highest BCUT2D eigenvalue weighted by atomic mass is 16.5. The number of rotatable bonds is 2. The minimum absolute atomic E-state index is 0.0832. The van der Waals surface area contributed by atoms with Gasteiger partial charge in [0.05, 0.1) is 12.2 Å². The zero-order chi connectivity index (χ0) is 11.5. The quantitative estimate of drug-likeness (QED) is 0.739. The molecule has 0 spiro atoms. The maximum Gasteiger partial charge on any atom is 0.137 e. The first-order valence-corrected chi connectivity index (χ1v) is 5.16. The molecule has 0 aliphatic rings. The van der Waals surface area contributed by atoms with Crippen molar-refractivity contribution in [2.75, 3.05) is 6.61 Å². The fourth-order valence-electron chi connectivity index (χ4n) is 1.36. The van der Waals surface area contributed by atoms with Crippen molar-refractivity contribution in [2.24, 2.45) is 0 Å². The lowest BCUT2D eigenvalue weighted by Crippen LogP contribution is -2.11. The van der Waals surface area contributed by atoms with Crippen LogP contribution in [-0.2, 0) is 5.41 Å². The summed E-state index contributed by atoms with van der Waals surface area (Å²) in [6, 6.07) is 7.91. The van der Waals surface area contributed by atoms with Crippen molar-refractivity contribution in [3.8, 4) is 11.8 Å². The van der Waals surface area contributed by atoms with E-state index < -0.39 is 0 Å². The third-order valence-corrected chi connectivity index (χ3v) is 2.27. The van der Waals surface area contributed by atoms with E-state index >= 15 is 0 Å². The molecule has 0 bridgehead atoms. The van der Waals surface area contributed by atoms with E-state index in [9.17, 15) is 0 Å². The molecule has 1 rings (SSSR count). The summed E-state index contributed by atoms with van der Waals surface area (Å²) < 4.78 is 5.44. The van der Waals surface area contributed by atoms with Gasteiger partial charge in [-0.3, -0.25) is 0 Å². The molecule has 1 aromatic carbocycles. The molecule has 80 valence electrons. The lowest BCUT2D eigenvalue weighted by molar-refractivity contribution is 0.338. The minimum Gasteiger partial charge on any atom is -0.492 e. The van der Waals surface area contributed by atoms with Crippen molar-refractivity contribution in [3.63, 3.8) is 0 Å². The van der Waals surface area contributed by atoms with Crippen LogP contribution in [0.2, 0.25) is 0 Å². The van der Waals surface area contributed by atoms with Crippen LogP contribution in [0.25, 0.3) is 0 Å². The fraction of sp³-hybridized carbons (Fsp3) is 0.462. The van der Waals surface area contributed by atoms with Crippen molar-refractivity contribution in [1.29, 1.82) is 5.26 Å². The normalized spacial score (nSPS) is 10.9. The molecule has 0 aromatic heterocycles. The first kappa shape index (κ1) is 11.6. The van der Waals surface area contributed by atoms with Crippen LogP contribution in [-0.4, -0.2) is 6.61 Å². The molecule has 1 aromatic rings. The van der Waals surface area contributed by atoms with Crippen LogP contribution in [0.5, 0.6) is 5.75 Å². The van der Waals surface area contributed by atoms with Gasteiger partial charge in [-0.1, -0.05) is 26.8 Å². The second-order valence-electron chi connectivity index (χ2n) is 4.51. The molecule has 0 unspecified atom stereocenters. The predicted octanol–water partition coefficient (Wildman–Crippen LogP) is 3.25. The van der Waals surface area contributed by atoms with Crippen molar-refractivity contribution in [1.82, 2.24) is 0 Å². The monoisotopic (exact) mass is 203 g/mol. The number of ether oxygens (including phenoxy) is 1. The molecule has 0 atom stereocenters. The number of nitrogens with zero attached hydrogens (tertiary/aromatic N) is 1. The Morgan fingerprint density at radius 2 is 2.00 bits per heavy atom. The molecule has 0 aliphatic heterocycles. The van der Waals surface area contributed by atoms with Crippen LogP contribution in [0, 0.1) is 11.3 Å². The summed E-state index contributed by atoms with van der Waals surface area (Å²) in [5, 5.41) is 8.91. The van der Waals surface area contributed by atoms with Crippen LogP contribution >= 0.6 is 0 Å². The smallest absolute Gasteiger partial charge is 0.137 e. The van der Waals surface area contributed by atoms with E-state index in [1.165, 1.54) is 5.56 Å². The molecule has 15 heavy (non-hydrogen) atoms. The Hall–Kier alpha value is -1.49. The Balaban J connectivity index is 3.17. The third kappa shape index (κ3) is 2.73. The van der Waals surface area contributed by atoms with Gasteiger partial charge in [0, 0.05) is 0 Å². The van der Waals surface area contributed by atoms with Crippen LogP contribution in [0.4, 0.5) is 0 Å². The van der Waals surface area contributed by atoms with E-state index in [1.807, 2.05) is 25.1 Å². The lowest BCUT2D eigenvalue weighted by Gasteiger charge is -2.20. The highest BCUT2D eigenvalue weighted by Gasteiger charge is 2.15. The molecule has 0 aliphatic carbocycles. The Kier molecular flexibility index (Phi) is 3.36. The van der Waals surface area contributed by atoms with E-state index in [4.69, 9.17) is 10.00 Å². The Morgan fingerprint density at radius 3 is 2.47 bits per heavy atom. The fourth-order valence-corrected chi connectivity index (χ4v) is 1.36. The maximum absolute atomic E-state index is 8.91. The summed E-state index contributed by atoms with van der Waals surface area (Å²) in [4.78, 5) is 0. The van der Waals surface area contributed by atoms with E-state index in [-0.39, 0.29) is 5.41 Å². The summed E-state index contributed by atoms with van der Waals surface area (Å²) in [5.41, 5.74) is 1.87. The van der Waals surface area contributed by atoms with Gasteiger partial charge in [-0.05, 0) is 30.0 Å². The summed E-state index contributed by atoms with van der Waals surface area (Å²) in [7, 11) is 0. The largest absolute Gasteiger partial charge is 0.492 e. The summed E-state index contributed by atoms with van der Waals surface area (Å²) >= 11 is 0. The van der Waals surface area contributed by atoms with Gasteiger partial charge in [0.1, 0.15) is 11.8 Å².